The third-order valence-corrected chi connectivity index (χ3v) is 3.45. The minimum Gasteiger partial charge on any atom is -0.396 e. The van der Waals surface area contributed by atoms with Gasteiger partial charge in [0.15, 0.2) is 0 Å². The molecule has 0 saturated heterocycles. The predicted octanol–water partition coefficient (Wildman–Crippen LogP) is 0.639. The second-order valence-electron chi connectivity index (χ2n) is 6.04. The SMILES string of the molecule is CC(C)(C)[C@@H](N)C(=O)NCC1(CCO)CC1. The summed E-state index contributed by atoms with van der Waals surface area (Å²) in [7, 11) is 0. The van der Waals surface area contributed by atoms with Crippen molar-refractivity contribution in [3.63, 3.8) is 0 Å². The van der Waals surface area contributed by atoms with Crippen molar-refractivity contribution in [2.45, 2.75) is 46.1 Å². The van der Waals surface area contributed by atoms with Crippen LogP contribution in [0.15, 0.2) is 0 Å². The van der Waals surface area contributed by atoms with Gasteiger partial charge in [-0.05, 0) is 30.1 Å². The summed E-state index contributed by atoms with van der Waals surface area (Å²) >= 11 is 0. The summed E-state index contributed by atoms with van der Waals surface area (Å²) in [5, 5.41) is 11.8. The number of rotatable bonds is 5. The quantitative estimate of drug-likeness (QED) is 0.646. The van der Waals surface area contributed by atoms with Crippen LogP contribution in [-0.2, 0) is 4.79 Å². The first-order valence-electron chi connectivity index (χ1n) is 5.95. The van der Waals surface area contributed by atoms with E-state index in [-0.39, 0.29) is 23.3 Å². The smallest absolute Gasteiger partial charge is 0.237 e. The molecule has 0 aromatic heterocycles. The van der Waals surface area contributed by atoms with Crippen LogP contribution < -0.4 is 11.1 Å². The zero-order valence-corrected chi connectivity index (χ0v) is 10.5. The van der Waals surface area contributed by atoms with Gasteiger partial charge in [0.25, 0.3) is 0 Å². The van der Waals surface area contributed by atoms with Gasteiger partial charge >= 0.3 is 0 Å². The zero-order valence-electron chi connectivity index (χ0n) is 10.5. The van der Waals surface area contributed by atoms with Gasteiger partial charge in [-0.1, -0.05) is 20.8 Å². The van der Waals surface area contributed by atoms with E-state index in [0.717, 1.165) is 19.3 Å². The zero-order chi connectivity index (χ0) is 12.4. The van der Waals surface area contributed by atoms with Gasteiger partial charge in [0, 0.05) is 13.2 Å². The Hall–Kier alpha value is -0.610. The van der Waals surface area contributed by atoms with Gasteiger partial charge < -0.3 is 16.2 Å². The second kappa shape index (κ2) is 4.72. The Morgan fingerprint density at radius 1 is 1.50 bits per heavy atom. The van der Waals surface area contributed by atoms with Crippen LogP contribution in [0.4, 0.5) is 0 Å². The largest absolute Gasteiger partial charge is 0.396 e. The molecule has 0 aromatic carbocycles. The molecular weight excluding hydrogens is 204 g/mol. The Balaban J connectivity index is 2.36. The molecule has 1 fully saturated rings. The van der Waals surface area contributed by atoms with Crippen LogP contribution in [0.2, 0.25) is 0 Å². The number of amides is 1. The Kier molecular flexibility index (Phi) is 3.97. The molecule has 1 rings (SSSR count). The van der Waals surface area contributed by atoms with E-state index in [9.17, 15) is 4.79 Å². The lowest BCUT2D eigenvalue weighted by Gasteiger charge is -2.26. The van der Waals surface area contributed by atoms with Crippen molar-refractivity contribution in [3.8, 4) is 0 Å². The topological polar surface area (TPSA) is 75.4 Å². The summed E-state index contributed by atoms with van der Waals surface area (Å²) in [4.78, 5) is 11.8. The van der Waals surface area contributed by atoms with Gasteiger partial charge in [-0.15, -0.1) is 0 Å². The highest BCUT2D eigenvalue weighted by Crippen LogP contribution is 2.47. The summed E-state index contributed by atoms with van der Waals surface area (Å²) in [6, 6.07) is -0.475. The summed E-state index contributed by atoms with van der Waals surface area (Å²) in [5.41, 5.74) is 5.80. The molecule has 4 heteroatoms. The fourth-order valence-corrected chi connectivity index (χ4v) is 1.71. The highest BCUT2D eigenvalue weighted by Gasteiger charge is 2.42. The average molecular weight is 228 g/mol. The number of nitrogens with one attached hydrogen (secondary N) is 1. The first-order chi connectivity index (χ1) is 7.31. The molecule has 1 atom stereocenters. The molecule has 4 N–H and O–H groups in total. The van der Waals surface area contributed by atoms with Crippen LogP contribution in [0.1, 0.15) is 40.0 Å². The maximum Gasteiger partial charge on any atom is 0.237 e. The number of hydrogen-bond donors (Lipinski definition) is 3. The van der Waals surface area contributed by atoms with E-state index >= 15 is 0 Å². The monoisotopic (exact) mass is 228 g/mol. The van der Waals surface area contributed by atoms with E-state index in [1.807, 2.05) is 20.8 Å². The maximum atomic E-state index is 11.8. The van der Waals surface area contributed by atoms with Crippen LogP contribution in [0.25, 0.3) is 0 Å². The van der Waals surface area contributed by atoms with E-state index in [4.69, 9.17) is 10.8 Å². The number of aliphatic hydroxyl groups is 1. The molecule has 0 aromatic rings. The summed E-state index contributed by atoms with van der Waals surface area (Å²) in [5.74, 6) is -0.0864. The van der Waals surface area contributed by atoms with Crippen molar-refractivity contribution in [2.75, 3.05) is 13.2 Å². The third-order valence-electron chi connectivity index (χ3n) is 3.45. The first-order valence-corrected chi connectivity index (χ1v) is 5.95. The molecule has 1 saturated carbocycles. The number of carbonyl (C=O) groups is 1. The van der Waals surface area contributed by atoms with Crippen LogP contribution in [-0.4, -0.2) is 30.2 Å². The highest BCUT2D eigenvalue weighted by molar-refractivity contribution is 5.82. The van der Waals surface area contributed by atoms with Gasteiger partial charge in [0.05, 0.1) is 6.04 Å². The average Bonchev–Trinajstić information content (AvgIpc) is 2.93. The minimum absolute atomic E-state index is 0.0864. The predicted molar refractivity (Wildman–Crippen MR) is 63.8 cm³/mol. The van der Waals surface area contributed by atoms with E-state index < -0.39 is 6.04 Å². The standard InChI is InChI=1S/C12H24N2O2/c1-11(2,3)9(13)10(16)14-8-12(4-5-12)6-7-15/h9,15H,4-8,13H2,1-3H3,(H,14,16)/t9-/m0/s1. The Morgan fingerprint density at radius 2 is 2.06 bits per heavy atom. The van der Waals surface area contributed by atoms with Crippen LogP contribution in [0.3, 0.4) is 0 Å². The maximum absolute atomic E-state index is 11.8. The number of carbonyl (C=O) groups excluding carboxylic acids is 1. The molecule has 0 spiro atoms. The van der Waals surface area contributed by atoms with Crippen LogP contribution in [0.5, 0.6) is 0 Å². The van der Waals surface area contributed by atoms with Gasteiger partial charge in [-0.25, -0.2) is 0 Å². The summed E-state index contributed by atoms with van der Waals surface area (Å²) < 4.78 is 0. The molecule has 1 aliphatic rings. The normalized spacial score (nSPS) is 20.3. The van der Waals surface area contributed by atoms with Crippen molar-refractivity contribution in [1.29, 1.82) is 0 Å². The Morgan fingerprint density at radius 3 is 2.44 bits per heavy atom. The molecule has 0 aliphatic heterocycles. The van der Waals surface area contributed by atoms with Crippen LogP contribution >= 0.6 is 0 Å². The van der Waals surface area contributed by atoms with Gasteiger partial charge in [0.2, 0.25) is 5.91 Å². The lowest BCUT2D eigenvalue weighted by molar-refractivity contribution is -0.124. The van der Waals surface area contributed by atoms with Crippen molar-refractivity contribution < 1.29 is 9.90 Å². The summed E-state index contributed by atoms with van der Waals surface area (Å²) in [6.07, 6.45) is 2.97. The first kappa shape index (κ1) is 13.5. The highest BCUT2D eigenvalue weighted by atomic mass is 16.3. The molecule has 1 aliphatic carbocycles. The summed E-state index contributed by atoms with van der Waals surface area (Å²) in [6.45, 7) is 6.71. The molecule has 0 radical (unpaired) electrons. The fraction of sp³-hybridized carbons (Fsp3) is 0.917. The van der Waals surface area contributed by atoms with E-state index in [0.29, 0.717) is 6.54 Å². The Labute approximate surface area is 97.6 Å². The lowest BCUT2D eigenvalue weighted by atomic mass is 9.87. The minimum atomic E-state index is -0.475. The van der Waals surface area contributed by atoms with Crippen molar-refractivity contribution in [1.82, 2.24) is 5.32 Å². The van der Waals surface area contributed by atoms with E-state index in [2.05, 4.69) is 5.32 Å². The number of hydrogen-bond acceptors (Lipinski definition) is 3. The van der Waals surface area contributed by atoms with Crippen molar-refractivity contribution >= 4 is 5.91 Å². The van der Waals surface area contributed by atoms with E-state index in [1.54, 1.807) is 0 Å². The van der Waals surface area contributed by atoms with Gasteiger partial charge in [-0.2, -0.15) is 0 Å². The number of nitrogens with two attached hydrogens (primary N) is 1. The van der Waals surface area contributed by atoms with E-state index in [1.165, 1.54) is 0 Å². The fourth-order valence-electron chi connectivity index (χ4n) is 1.71. The van der Waals surface area contributed by atoms with Gasteiger partial charge in [-0.3, -0.25) is 4.79 Å². The molecule has 94 valence electrons. The molecule has 0 bridgehead atoms. The molecule has 4 nitrogen and oxygen atoms in total. The van der Waals surface area contributed by atoms with Crippen molar-refractivity contribution in [3.05, 3.63) is 0 Å². The molecule has 1 amide bonds. The number of aliphatic hydroxyl groups excluding tert-OH is 1. The molecular formula is C12H24N2O2. The molecule has 0 heterocycles. The Bertz CT molecular complexity index is 254. The second-order valence-corrected chi connectivity index (χ2v) is 6.04. The van der Waals surface area contributed by atoms with Crippen molar-refractivity contribution in [2.24, 2.45) is 16.6 Å². The van der Waals surface area contributed by atoms with Gasteiger partial charge in [0.1, 0.15) is 0 Å². The van der Waals surface area contributed by atoms with Crippen LogP contribution in [0, 0.1) is 10.8 Å². The lowest BCUT2D eigenvalue weighted by Crippen LogP contribution is -2.49. The molecule has 0 unspecified atom stereocenters. The molecule has 16 heavy (non-hydrogen) atoms. The third kappa shape index (κ3) is 3.46.